The van der Waals surface area contributed by atoms with Crippen LogP contribution >= 0.6 is 0 Å². The van der Waals surface area contributed by atoms with E-state index in [9.17, 15) is 9.59 Å². The third-order valence-electron chi connectivity index (χ3n) is 8.59. The van der Waals surface area contributed by atoms with Crippen LogP contribution in [0.5, 0.6) is 0 Å². The minimum Gasteiger partial charge on any atom is -0.295 e. The Kier molecular flexibility index (Phi) is 5.05. The number of ketones is 1. The van der Waals surface area contributed by atoms with Gasteiger partial charge in [-0.2, -0.15) is 10.1 Å². The molecule has 174 valence electrons. The molecule has 34 heavy (non-hydrogen) atoms. The highest BCUT2D eigenvalue weighted by Crippen LogP contribution is 2.60. The second-order valence-electron chi connectivity index (χ2n) is 11.0. The highest BCUT2D eigenvalue weighted by Gasteiger charge is 2.51. The van der Waals surface area contributed by atoms with Gasteiger partial charge in [-0.1, -0.05) is 12.1 Å². The van der Waals surface area contributed by atoms with Gasteiger partial charge >= 0.3 is 0 Å². The fourth-order valence-electron chi connectivity index (χ4n) is 7.30. The summed E-state index contributed by atoms with van der Waals surface area (Å²) in [4.78, 5) is 29.1. The van der Waals surface area contributed by atoms with Crippen LogP contribution in [0.1, 0.15) is 68.3 Å². The van der Waals surface area contributed by atoms with Crippen molar-refractivity contribution in [1.82, 2.24) is 0 Å². The summed E-state index contributed by atoms with van der Waals surface area (Å²) in [5, 5.41) is 6.08. The molecule has 1 amide bonds. The average Bonchev–Trinajstić information content (AvgIpc) is 3.10. The Bertz CT molecular complexity index is 1160. The van der Waals surface area contributed by atoms with E-state index in [1.807, 2.05) is 6.92 Å². The number of hydrazone groups is 1. The van der Waals surface area contributed by atoms with Crippen molar-refractivity contribution in [1.29, 1.82) is 0 Å². The van der Waals surface area contributed by atoms with E-state index >= 15 is 0 Å². The summed E-state index contributed by atoms with van der Waals surface area (Å²) in [5.41, 5.74) is 4.73. The maximum atomic E-state index is 13.2. The van der Waals surface area contributed by atoms with Gasteiger partial charge in [0.05, 0.1) is 17.1 Å². The van der Waals surface area contributed by atoms with Crippen LogP contribution in [0.15, 0.2) is 58.6 Å². The lowest BCUT2D eigenvalue weighted by molar-refractivity contribution is -0.118. The first-order valence-corrected chi connectivity index (χ1v) is 12.5. The van der Waals surface area contributed by atoms with Crippen LogP contribution in [-0.4, -0.2) is 23.6 Å². The van der Waals surface area contributed by atoms with Crippen molar-refractivity contribution >= 4 is 35.0 Å². The van der Waals surface area contributed by atoms with Crippen molar-refractivity contribution in [2.24, 2.45) is 33.8 Å². The standard InChI is InChI=1S/C29H31N3O2/c1-18-27(17-30-25-7-3-23(4-8-25)19(2)33)28(34)32(31-18)26-9-5-24(6-10-26)29-14-20-11-21(15-29)13-22(12-20)16-29/h3-10,17,20-22,27H,11-16H2,1-2H3. The molecule has 5 aliphatic rings. The van der Waals surface area contributed by atoms with Crippen LogP contribution in [0.3, 0.4) is 0 Å². The van der Waals surface area contributed by atoms with Crippen molar-refractivity contribution in [2.75, 3.05) is 5.01 Å². The fraction of sp³-hybridized carbons (Fsp3) is 0.448. The lowest BCUT2D eigenvalue weighted by Crippen LogP contribution is -2.48. The summed E-state index contributed by atoms with van der Waals surface area (Å²) in [5.74, 6) is 2.21. The van der Waals surface area contributed by atoms with Gasteiger partial charge in [0.15, 0.2) is 5.78 Å². The molecule has 1 unspecified atom stereocenters. The van der Waals surface area contributed by atoms with Gasteiger partial charge in [0, 0.05) is 11.8 Å². The molecular weight excluding hydrogens is 422 g/mol. The van der Waals surface area contributed by atoms with E-state index in [0.29, 0.717) is 16.7 Å². The molecule has 7 rings (SSSR count). The zero-order valence-corrected chi connectivity index (χ0v) is 19.9. The Morgan fingerprint density at radius 3 is 2.12 bits per heavy atom. The molecule has 0 spiro atoms. The Balaban J connectivity index is 1.18. The molecule has 4 fully saturated rings. The van der Waals surface area contributed by atoms with Gasteiger partial charge in [-0.15, -0.1) is 0 Å². The van der Waals surface area contributed by atoms with E-state index in [0.717, 1.165) is 29.2 Å². The number of carbonyl (C=O) groups is 2. The Labute approximate surface area is 201 Å². The van der Waals surface area contributed by atoms with Crippen LogP contribution in [0.4, 0.5) is 11.4 Å². The SMILES string of the molecule is CC(=O)c1ccc(N=CC2C(=O)N(c3ccc(C45CC6CC(CC(C6)C4)C5)cc3)N=C2C)cc1. The number of anilines is 1. The molecule has 4 aliphatic carbocycles. The summed E-state index contributed by atoms with van der Waals surface area (Å²) < 4.78 is 0. The largest absolute Gasteiger partial charge is 0.295 e. The first-order valence-electron chi connectivity index (χ1n) is 12.5. The number of rotatable bonds is 5. The van der Waals surface area contributed by atoms with E-state index < -0.39 is 5.92 Å². The Morgan fingerprint density at radius 1 is 0.971 bits per heavy atom. The van der Waals surface area contributed by atoms with Crippen molar-refractivity contribution in [3.05, 3.63) is 59.7 Å². The number of carbonyl (C=O) groups excluding carboxylic acids is 2. The number of aliphatic imine (C=N–C) groups is 1. The van der Waals surface area contributed by atoms with Gasteiger partial charge in [0.2, 0.25) is 0 Å². The van der Waals surface area contributed by atoms with Gasteiger partial charge in [0.25, 0.3) is 5.91 Å². The Morgan fingerprint density at radius 2 is 1.56 bits per heavy atom. The third-order valence-corrected chi connectivity index (χ3v) is 8.59. The maximum absolute atomic E-state index is 13.2. The molecule has 0 aromatic heterocycles. The highest BCUT2D eigenvalue weighted by molar-refractivity contribution is 6.23. The lowest BCUT2D eigenvalue weighted by atomic mass is 9.48. The van der Waals surface area contributed by atoms with Crippen molar-refractivity contribution in [2.45, 2.75) is 57.8 Å². The maximum Gasteiger partial charge on any atom is 0.261 e. The van der Waals surface area contributed by atoms with Crippen molar-refractivity contribution in [3.63, 3.8) is 0 Å². The van der Waals surface area contributed by atoms with Crippen LogP contribution < -0.4 is 5.01 Å². The first kappa shape index (κ1) is 21.5. The van der Waals surface area contributed by atoms with Crippen LogP contribution in [0.2, 0.25) is 0 Å². The van der Waals surface area contributed by atoms with Gasteiger partial charge < -0.3 is 0 Å². The summed E-state index contributed by atoms with van der Waals surface area (Å²) >= 11 is 0. The van der Waals surface area contributed by atoms with Gasteiger partial charge in [-0.25, -0.2) is 0 Å². The van der Waals surface area contributed by atoms with Crippen LogP contribution in [0, 0.1) is 23.7 Å². The van der Waals surface area contributed by atoms with E-state index in [-0.39, 0.29) is 11.7 Å². The Hall–Kier alpha value is -3.08. The van der Waals surface area contributed by atoms with E-state index in [2.05, 4.69) is 34.4 Å². The molecule has 4 bridgehead atoms. The number of hydrogen-bond acceptors (Lipinski definition) is 4. The molecule has 4 saturated carbocycles. The monoisotopic (exact) mass is 453 g/mol. The van der Waals surface area contributed by atoms with Gasteiger partial charge in [0.1, 0.15) is 5.92 Å². The quantitative estimate of drug-likeness (QED) is 0.406. The first-order chi connectivity index (χ1) is 16.4. The molecule has 1 aliphatic heterocycles. The van der Waals surface area contributed by atoms with Crippen molar-refractivity contribution in [3.8, 4) is 0 Å². The predicted molar refractivity (Wildman–Crippen MR) is 135 cm³/mol. The molecule has 0 N–H and O–H groups in total. The highest BCUT2D eigenvalue weighted by atomic mass is 16.2. The topological polar surface area (TPSA) is 62.1 Å². The zero-order chi connectivity index (χ0) is 23.4. The fourth-order valence-corrected chi connectivity index (χ4v) is 7.30. The molecule has 5 heteroatoms. The van der Waals surface area contributed by atoms with Crippen LogP contribution in [0.25, 0.3) is 0 Å². The number of amides is 1. The number of hydrogen-bond donors (Lipinski definition) is 0. The molecule has 0 saturated heterocycles. The van der Waals surface area contributed by atoms with Gasteiger partial charge in [-0.3, -0.25) is 14.6 Å². The second-order valence-corrected chi connectivity index (χ2v) is 11.0. The van der Waals surface area contributed by atoms with Crippen LogP contribution in [-0.2, 0) is 10.2 Å². The minimum atomic E-state index is -0.477. The molecule has 1 heterocycles. The summed E-state index contributed by atoms with van der Waals surface area (Å²) in [7, 11) is 0. The number of Topliss-reactive ketones (excluding diaryl/α,β-unsaturated/α-hetero) is 1. The van der Waals surface area contributed by atoms with Crippen molar-refractivity contribution < 1.29 is 9.59 Å². The molecule has 2 aromatic rings. The average molecular weight is 454 g/mol. The lowest BCUT2D eigenvalue weighted by Gasteiger charge is -2.57. The van der Waals surface area contributed by atoms with E-state index in [1.54, 1.807) is 37.4 Å². The minimum absolute atomic E-state index is 0.0225. The summed E-state index contributed by atoms with van der Waals surface area (Å²) in [6, 6.07) is 15.7. The predicted octanol–water partition coefficient (Wildman–Crippen LogP) is 6.10. The molecule has 2 aromatic carbocycles. The molecular formula is C29H31N3O2. The normalized spacial score (nSPS) is 32.0. The second kappa shape index (κ2) is 8.00. The summed E-state index contributed by atoms with van der Waals surface area (Å²) in [6.07, 6.45) is 10.00. The zero-order valence-electron chi connectivity index (χ0n) is 19.9. The molecule has 1 atom stereocenters. The smallest absolute Gasteiger partial charge is 0.261 e. The number of nitrogens with zero attached hydrogens (tertiary/aromatic N) is 3. The van der Waals surface area contributed by atoms with Gasteiger partial charge in [-0.05, 0) is 118 Å². The summed E-state index contributed by atoms with van der Waals surface area (Å²) in [6.45, 7) is 3.41. The third kappa shape index (κ3) is 3.62. The molecule has 0 radical (unpaired) electrons. The molecule has 5 nitrogen and oxygen atoms in total. The van der Waals surface area contributed by atoms with E-state index in [4.69, 9.17) is 0 Å². The number of benzene rings is 2. The van der Waals surface area contributed by atoms with E-state index in [1.165, 1.54) is 49.1 Å².